The lowest BCUT2D eigenvalue weighted by molar-refractivity contribution is -0.131. The van der Waals surface area contributed by atoms with E-state index in [1.54, 1.807) is 7.11 Å². The molecule has 1 aliphatic rings. The lowest BCUT2D eigenvalue weighted by Gasteiger charge is -2.23. The van der Waals surface area contributed by atoms with Crippen molar-refractivity contribution in [1.82, 2.24) is 9.80 Å². The molecule has 0 spiro atoms. The summed E-state index contributed by atoms with van der Waals surface area (Å²) in [6.45, 7) is 5.22. The second-order valence-electron chi connectivity index (χ2n) is 5.79. The van der Waals surface area contributed by atoms with Crippen molar-refractivity contribution in [2.45, 2.75) is 18.9 Å². The highest BCUT2D eigenvalue weighted by Gasteiger charge is 2.21. The highest BCUT2D eigenvalue weighted by Crippen LogP contribution is 2.15. The largest absolute Gasteiger partial charge is 0.383 e. The number of ether oxygens (including phenoxy) is 1. The van der Waals surface area contributed by atoms with Crippen molar-refractivity contribution in [2.24, 2.45) is 5.73 Å². The first-order valence-corrected chi connectivity index (χ1v) is 8.00. The normalized spacial score (nSPS) is 17.2. The maximum atomic E-state index is 12.5. The summed E-state index contributed by atoms with van der Waals surface area (Å²) in [5.74, 6) is 0.157. The molecule has 6 heteroatoms. The Morgan fingerprint density at radius 1 is 1.22 bits per heavy atom. The minimum Gasteiger partial charge on any atom is -0.383 e. The molecule has 1 aliphatic heterocycles. The van der Waals surface area contributed by atoms with Gasteiger partial charge in [0.1, 0.15) is 0 Å². The summed E-state index contributed by atoms with van der Waals surface area (Å²) in [5, 5.41) is 0. The molecule has 2 rings (SSSR count). The van der Waals surface area contributed by atoms with Crippen LogP contribution in [0.25, 0.3) is 0 Å². The van der Waals surface area contributed by atoms with Gasteiger partial charge in [-0.15, -0.1) is 12.4 Å². The number of hydrogen-bond donors (Lipinski definition) is 1. The molecule has 5 nitrogen and oxygen atoms in total. The van der Waals surface area contributed by atoms with Gasteiger partial charge in [0.2, 0.25) is 5.91 Å². The molecular weight excluding hydrogens is 314 g/mol. The molecule has 1 aromatic carbocycles. The third kappa shape index (κ3) is 6.47. The van der Waals surface area contributed by atoms with E-state index in [-0.39, 0.29) is 24.4 Å². The first-order valence-electron chi connectivity index (χ1n) is 8.00. The highest BCUT2D eigenvalue weighted by molar-refractivity contribution is 5.85. The number of halogens is 1. The van der Waals surface area contributed by atoms with E-state index in [1.165, 1.54) is 0 Å². The summed E-state index contributed by atoms with van der Waals surface area (Å²) < 4.78 is 5.12. The molecule has 1 saturated heterocycles. The summed E-state index contributed by atoms with van der Waals surface area (Å²) in [7, 11) is 1.72. The predicted octanol–water partition coefficient (Wildman–Crippen LogP) is 1.68. The number of rotatable bonds is 6. The van der Waals surface area contributed by atoms with Gasteiger partial charge in [0.05, 0.1) is 6.61 Å². The molecule has 130 valence electrons. The molecule has 1 amide bonds. The van der Waals surface area contributed by atoms with Crippen LogP contribution in [0.1, 0.15) is 24.4 Å². The van der Waals surface area contributed by atoms with Crippen molar-refractivity contribution in [3.8, 4) is 0 Å². The van der Waals surface area contributed by atoms with E-state index in [0.29, 0.717) is 6.42 Å². The Kier molecular flexibility index (Phi) is 9.17. The highest BCUT2D eigenvalue weighted by atomic mass is 35.5. The van der Waals surface area contributed by atoms with E-state index in [4.69, 9.17) is 10.5 Å². The summed E-state index contributed by atoms with van der Waals surface area (Å²) in [5.41, 5.74) is 7.18. The van der Waals surface area contributed by atoms with Crippen molar-refractivity contribution < 1.29 is 9.53 Å². The Labute approximate surface area is 145 Å². The summed E-state index contributed by atoms with van der Waals surface area (Å²) in [4.78, 5) is 16.8. The molecule has 1 heterocycles. The minimum atomic E-state index is -0.221. The fraction of sp³-hybridized carbons (Fsp3) is 0.588. The van der Waals surface area contributed by atoms with Gasteiger partial charge in [0, 0.05) is 45.8 Å². The zero-order chi connectivity index (χ0) is 15.8. The van der Waals surface area contributed by atoms with Gasteiger partial charge in [-0.2, -0.15) is 0 Å². The van der Waals surface area contributed by atoms with Crippen molar-refractivity contribution in [3.63, 3.8) is 0 Å². The van der Waals surface area contributed by atoms with Gasteiger partial charge in [0.25, 0.3) is 0 Å². The van der Waals surface area contributed by atoms with Crippen LogP contribution in [0.4, 0.5) is 0 Å². The van der Waals surface area contributed by atoms with E-state index >= 15 is 0 Å². The third-order valence-electron chi connectivity index (χ3n) is 4.18. The number of carbonyl (C=O) groups excluding carboxylic acids is 1. The number of amides is 1. The van der Waals surface area contributed by atoms with Crippen LogP contribution in [0.2, 0.25) is 0 Å². The standard InChI is InChI=1S/C17H27N3O2.ClH/c1-22-13-12-19-8-5-9-20(11-10-19)17(21)14-16(18)15-6-3-2-4-7-15;/h2-4,6-7,16H,5,8-14,18H2,1H3;1H. The van der Waals surface area contributed by atoms with E-state index in [1.807, 2.05) is 35.2 Å². The maximum Gasteiger partial charge on any atom is 0.224 e. The summed E-state index contributed by atoms with van der Waals surface area (Å²) in [6, 6.07) is 9.61. The number of benzene rings is 1. The molecule has 0 aliphatic carbocycles. The van der Waals surface area contributed by atoms with Crippen LogP contribution in [0.15, 0.2) is 30.3 Å². The molecule has 0 radical (unpaired) electrons. The molecule has 1 fully saturated rings. The zero-order valence-electron chi connectivity index (χ0n) is 13.8. The summed E-state index contributed by atoms with van der Waals surface area (Å²) in [6.07, 6.45) is 1.39. The Morgan fingerprint density at radius 2 is 1.96 bits per heavy atom. The van der Waals surface area contributed by atoms with E-state index in [2.05, 4.69) is 4.90 Å². The van der Waals surface area contributed by atoms with Gasteiger partial charge in [-0.05, 0) is 18.5 Å². The first kappa shape index (κ1) is 19.9. The van der Waals surface area contributed by atoms with E-state index in [9.17, 15) is 4.79 Å². The smallest absolute Gasteiger partial charge is 0.224 e. The number of nitrogens with two attached hydrogens (primary N) is 1. The molecule has 2 N–H and O–H groups in total. The monoisotopic (exact) mass is 341 g/mol. The average molecular weight is 342 g/mol. The van der Waals surface area contributed by atoms with Crippen molar-refractivity contribution >= 4 is 18.3 Å². The average Bonchev–Trinajstić information content (AvgIpc) is 2.79. The maximum absolute atomic E-state index is 12.5. The van der Waals surface area contributed by atoms with Gasteiger partial charge >= 0.3 is 0 Å². The van der Waals surface area contributed by atoms with Crippen LogP contribution in [-0.4, -0.2) is 62.1 Å². The SMILES string of the molecule is COCCN1CCCN(C(=O)CC(N)c2ccccc2)CC1.Cl. The van der Waals surface area contributed by atoms with Crippen molar-refractivity contribution in [2.75, 3.05) is 46.4 Å². The lowest BCUT2D eigenvalue weighted by atomic mass is 10.0. The first-order chi connectivity index (χ1) is 10.7. The van der Waals surface area contributed by atoms with Gasteiger partial charge < -0.3 is 15.4 Å². The zero-order valence-corrected chi connectivity index (χ0v) is 14.6. The molecule has 0 saturated carbocycles. The van der Waals surface area contributed by atoms with E-state index in [0.717, 1.165) is 51.3 Å². The molecule has 0 aromatic heterocycles. The molecule has 1 aromatic rings. The van der Waals surface area contributed by atoms with E-state index < -0.39 is 0 Å². The Hall–Kier alpha value is -1.14. The van der Waals surface area contributed by atoms with Crippen LogP contribution in [0.3, 0.4) is 0 Å². The molecule has 1 atom stereocenters. The van der Waals surface area contributed by atoms with Gasteiger partial charge in [-0.25, -0.2) is 0 Å². The second-order valence-corrected chi connectivity index (χ2v) is 5.79. The minimum absolute atomic E-state index is 0. The fourth-order valence-electron chi connectivity index (χ4n) is 2.80. The van der Waals surface area contributed by atoms with Crippen LogP contribution < -0.4 is 5.73 Å². The number of hydrogen-bond acceptors (Lipinski definition) is 4. The van der Waals surface area contributed by atoms with Crippen LogP contribution >= 0.6 is 12.4 Å². The number of nitrogens with zero attached hydrogens (tertiary/aromatic N) is 2. The van der Waals surface area contributed by atoms with Crippen LogP contribution in [0, 0.1) is 0 Å². The van der Waals surface area contributed by atoms with Gasteiger partial charge in [-0.1, -0.05) is 30.3 Å². The fourth-order valence-corrected chi connectivity index (χ4v) is 2.80. The van der Waals surface area contributed by atoms with Crippen LogP contribution in [0.5, 0.6) is 0 Å². The number of methoxy groups -OCH3 is 1. The molecular formula is C17H28ClN3O2. The Balaban J connectivity index is 0.00000264. The second kappa shape index (κ2) is 10.6. The molecule has 1 unspecified atom stereocenters. The molecule has 0 bridgehead atoms. The summed E-state index contributed by atoms with van der Waals surface area (Å²) >= 11 is 0. The van der Waals surface area contributed by atoms with Crippen LogP contribution in [-0.2, 0) is 9.53 Å². The predicted molar refractivity (Wildman–Crippen MR) is 94.7 cm³/mol. The number of carbonyl (C=O) groups is 1. The quantitative estimate of drug-likeness (QED) is 0.855. The van der Waals surface area contributed by atoms with Gasteiger partial charge in [-0.3, -0.25) is 9.69 Å². The molecule has 23 heavy (non-hydrogen) atoms. The lowest BCUT2D eigenvalue weighted by Crippen LogP contribution is -2.37. The van der Waals surface area contributed by atoms with Gasteiger partial charge in [0.15, 0.2) is 0 Å². The third-order valence-corrected chi connectivity index (χ3v) is 4.18. The topological polar surface area (TPSA) is 58.8 Å². The van der Waals surface area contributed by atoms with Crippen molar-refractivity contribution in [3.05, 3.63) is 35.9 Å². The Bertz CT molecular complexity index is 458. The Morgan fingerprint density at radius 3 is 2.65 bits per heavy atom. The van der Waals surface area contributed by atoms with Crippen molar-refractivity contribution in [1.29, 1.82) is 0 Å².